The highest BCUT2D eigenvalue weighted by molar-refractivity contribution is 8.00. The number of para-hydroxylation sites is 1. The molecule has 166 valence electrons. The third-order valence-corrected chi connectivity index (χ3v) is 7.21. The maximum atomic E-state index is 13.6. The number of nitrogens with zero attached hydrogens (tertiary/aromatic N) is 3. The summed E-state index contributed by atoms with van der Waals surface area (Å²) in [6.07, 6.45) is 2.07. The van der Waals surface area contributed by atoms with Gasteiger partial charge in [0.1, 0.15) is 5.25 Å². The average Bonchev–Trinajstić information content (AvgIpc) is 3.41. The fourth-order valence-electron chi connectivity index (χ4n) is 4.24. The fourth-order valence-corrected chi connectivity index (χ4v) is 5.42. The van der Waals surface area contributed by atoms with Crippen LogP contribution in [0.15, 0.2) is 94.9 Å². The van der Waals surface area contributed by atoms with Gasteiger partial charge in [0.05, 0.1) is 17.4 Å². The Morgan fingerprint density at radius 3 is 2.24 bits per heavy atom. The average molecular weight is 456 g/mol. The molecule has 0 saturated carbocycles. The van der Waals surface area contributed by atoms with Crippen LogP contribution in [-0.2, 0) is 11.3 Å². The Bertz CT molecular complexity index is 1320. The van der Waals surface area contributed by atoms with Crippen LogP contribution in [-0.4, -0.2) is 33.4 Å². The molecule has 3 aromatic carbocycles. The van der Waals surface area contributed by atoms with E-state index in [4.69, 9.17) is 4.98 Å². The molecule has 1 aromatic heterocycles. The number of hydrogen-bond donors (Lipinski definition) is 0. The molecule has 1 aliphatic rings. The molecule has 33 heavy (non-hydrogen) atoms. The molecule has 0 aliphatic carbocycles. The molecule has 0 N–H and O–H groups in total. The highest BCUT2D eigenvalue weighted by Gasteiger charge is 2.30. The molecule has 1 aliphatic heterocycles. The summed E-state index contributed by atoms with van der Waals surface area (Å²) in [5.74, 6) is 0.0809. The topological polar surface area (TPSA) is 55.2 Å². The number of thioether (sulfide) groups is 1. The standard InChI is InChI=1S/C27H25N3O2S/c31-25-22-15-7-8-16-23(22)28-27(30(25)19-20-11-3-1-4-12-20)33-24(21-13-5-2-6-14-21)26(32)29-17-9-10-18-29/h1-8,11-16,24H,9-10,17-19H2. The zero-order valence-electron chi connectivity index (χ0n) is 18.3. The van der Waals surface area contributed by atoms with Crippen LogP contribution < -0.4 is 5.56 Å². The molecule has 0 bridgehead atoms. The first-order valence-corrected chi connectivity index (χ1v) is 12.1. The Kier molecular flexibility index (Phi) is 6.26. The molecule has 1 atom stereocenters. The van der Waals surface area contributed by atoms with Crippen molar-refractivity contribution in [3.05, 3.63) is 106 Å². The summed E-state index contributed by atoms with van der Waals surface area (Å²) in [5, 5.41) is 0.684. The quantitative estimate of drug-likeness (QED) is 0.307. The number of rotatable bonds is 6. The van der Waals surface area contributed by atoms with E-state index in [9.17, 15) is 9.59 Å². The zero-order chi connectivity index (χ0) is 22.6. The molecule has 1 unspecified atom stereocenters. The lowest BCUT2D eigenvalue weighted by Gasteiger charge is -2.24. The van der Waals surface area contributed by atoms with Crippen molar-refractivity contribution < 1.29 is 4.79 Å². The van der Waals surface area contributed by atoms with Crippen molar-refractivity contribution in [1.82, 2.24) is 14.5 Å². The molecule has 6 heteroatoms. The number of carbonyl (C=O) groups is 1. The summed E-state index contributed by atoms with van der Waals surface area (Å²) in [7, 11) is 0. The third kappa shape index (κ3) is 4.57. The van der Waals surface area contributed by atoms with Crippen LogP contribution in [0.1, 0.15) is 29.2 Å². The van der Waals surface area contributed by atoms with Gasteiger partial charge in [0.25, 0.3) is 5.56 Å². The smallest absolute Gasteiger partial charge is 0.262 e. The molecule has 4 aromatic rings. The van der Waals surface area contributed by atoms with Crippen molar-refractivity contribution >= 4 is 28.6 Å². The van der Waals surface area contributed by atoms with Crippen LogP contribution in [0.2, 0.25) is 0 Å². The lowest BCUT2D eigenvalue weighted by Crippen LogP contribution is -2.32. The molecule has 5 nitrogen and oxygen atoms in total. The maximum absolute atomic E-state index is 13.6. The molecule has 5 rings (SSSR count). The van der Waals surface area contributed by atoms with Gasteiger partial charge in [0.15, 0.2) is 5.16 Å². The zero-order valence-corrected chi connectivity index (χ0v) is 19.1. The summed E-state index contributed by atoms with van der Waals surface area (Å²) in [5.41, 5.74) is 2.50. The summed E-state index contributed by atoms with van der Waals surface area (Å²) >= 11 is 1.37. The third-order valence-electron chi connectivity index (χ3n) is 5.98. The van der Waals surface area contributed by atoms with Gasteiger partial charge in [-0.1, -0.05) is 84.6 Å². The van der Waals surface area contributed by atoms with Gasteiger partial charge in [-0.15, -0.1) is 0 Å². The number of likely N-dealkylation sites (tertiary alicyclic amines) is 1. The molecular weight excluding hydrogens is 430 g/mol. The number of aromatic nitrogens is 2. The Morgan fingerprint density at radius 2 is 1.52 bits per heavy atom. The van der Waals surface area contributed by atoms with Gasteiger partial charge < -0.3 is 4.90 Å². The van der Waals surface area contributed by atoms with E-state index in [1.165, 1.54) is 11.8 Å². The second kappa shape index (κ2) is 9.63. The van der Waals surface area contributed by atoms with Gasteiger partial charge in [-0.3, -0.25) is 14.2 Å². The summed E-state index contributed by atoms with van der Waals surface area (Å²) in [6, 6.07) is 27.1. The SMILES string of the molecule is O=C(C(Sc1nc2ccccc2c(=O)n1Cc1ccccc1)c1ccccc1)N1CCCC1. The van der Waals surface area contributed by atoms with Gasteiger partial charge in [-0.05, 0) is 36.1 Å². The van der Waals surface area contributed by atoms with Gasteiger partial charge in [-0.2, -0.15) is 0 Å². The number of fused-ring (bicyclic) bond motifs is 1. The number of benzene rings is 3. The highest BCUT2D eigenvalue weighted by atomic mass is 32.2. The van der Waals surface area contributed by atoms with Crippen LogP contribution in [0.5, 0.6) is 0 Å². The van der Waals surface area contributed by atoms with E-state index in [2.05, 4.69) is 0 Å². The van der Waals surface area contributed by atoms with Crippen LogP contribution in [0.4, 0.5) is 0 Å². The van der Waals surface area contributed by atoms with E-state index in [-0.39, 0.29) is 11.5 Å². The first-order chi connectivity index (χ1) is 16.2. The van der Waals surface area contributed by atoms with Crippen molar-refractivity contribution in [2.75, 3.05) is 13.1 Å². The van der Waals surface area contributed by atoms with Crippen LogP contribution >= 0.6 is 11.8 Å². The Balaban J connectivity index is 1.61. The van der Waals surface area contributed by atoms with Crippen molar-refractivity contribution in [1.29, 1.82) is 0 Å². The van der Waals surface area contributed by atoms with Gasteiger partial charge in [0, 0.05) is 13.1 Å². The van der Waals surface area contributed by atoms with Crippen molar-refractivity contribution in [2.45, 2.75) is 29.8 Å². The van der Waals surface area contributed by atoms with Crippen molar-refractivity contribution in [2.24, 2.45) is 0 Å². The predicted octanol–water partition coefficient (Wildman–Crippen LogP) is 4.90. The number of hydrogen-bond acceptors (Lipinski definition) is 4. The Labute approximate surface area is 197 Å². The van der Waals surface area contributed by atoms with E-state index >= 15 is 0 Å². The Hall–Kier alpha value is -3.38. The second-order valence-electron chi connectivity index (χ2n) is 8.23. The van der Waals surface area contributed by atoms with E-state index in [0.717, 1.165) is 37.1 Å². The molecular formula is C27H25N3O2S. The minimum atomic E-state index is -0.459. The van der Waals surface area contributed by atoms with E-state index in [0.29, 0.717) is 22.6 Å². The van der Waals surface area contributed by atoms with E-state index in [1.54, 1.807) is 4.57 Å². The fraction of sp³-hybridized carbons (Fsp3) is 0.222. The minimum absolute atomic E-state index is 0.0809. The van der Waals surface area contributed by atoms with Gasteiger partial charge >= 0.3 is 0 Å². The summed E-state index contributed by atoms with van der Waals surface area (Å²) in [4.78, 5) is 33.9. The first-order valence-electron chi connectivity index (χ1n) is 11.2. The summed E-state index contributed by atoms with van der Waals surface area (Å²) < 4.78 is 1.70. The lowest BCUT2D eigenvalue weighted by atomic mass is 10.1. The molecule has 0 radical (unpaired) electrons. The minimum Gasteiger partial charge on any atom is -0.341 e. The van der Waals surface area contributed by atoms with E-state index in [1.807, 2.05) is 89.8 Å². The van der Waals surface area contributed by atoms with Gasteiger partial charge in [-0.25, -0.2) is 4.98 Å². The maximum Gasteiger partial charge on any atom is 0.262 e. The molecule has 1 fully saturated rings. The normalized spacial score (nSPS) is 14.5. The van der Waals surface area contributed by atoms with E-state index < -0.39 is 5.25 Å². The number of carbonyl (C=O) groups excluding carboxylic acids is 1. The highest BCUT2D eigenvalue weighted by Crippen LogP contribution is 2.37. The lowest BCUT2D eigenvalue weighted by molar-refractivity contribution is -0.129. The first kappa shape index (κ1) is 21.5. The predicted molar refractivity (Wildman–Crippen MR) is 132 cm³/mol. The monoisotopic (exact) mass is 455 g/mol. The largest absolute Gasteiger partial charge is 0.341 e. The summed E-state index contributed by atoms with van der Waals surface area (Å²) in [6.45, 7) is 1.97. The van der Waals surface area contributed by atoms with Crippen LogP contribution in [0.25, 0.3) is 10.9 Å². The van der Waals surface area contributed by atoms with Crippen molar-refractivity contribution in [3.8, 4) is 0 Å². The Morgan fingerprint density at radius 1 is 0.879 bits per heavy atom. The number of amides is 1. The van der Waals surface area contributed by atoms with Crippen LogP contribution in [0, 0.1) is 0 Å². The molecule has 0 spiro atoms. The molecule has 1 amide bonds. The molecule has 1 saturated heterocycles. The van der Waals surface area contributed by atoms with Crippen molar-refractivity contribution in [3.63, 3.8) is 0 Å². The second-order valence-corrected chi connectivity index (χ2v) is 9.30. The molecule has 2 heterocycles. The van der Waals surface area contributed by atoms with Gasteiger partial charge in [0.2, 0.25) is 5.91 Å². The van der Waals surface area contributed by atoms with Crippen LogP contribution in [0.3, 0.4) is 0 Å².